The predicted octanol–water partition coefficient (Wildman–Crippen LogP) is 1.65. The summed E-state index contributed by atoms with van der Waals surface area (Å²) in [5.41, 5.74) is 0. The number of nitrogens with one attached hydrogen (secondary N) is 1. The molecule has 1 rings (SSSR count). The summed E-state index contributed by atoms with van der Waals surface area (Å²) < 4.78 is 0. The maximum absolute atomic E-state index is 8.92. The lowest BCUT2D eigenvalue weighted by Crippen LogP contribution is -2.33. The molecule has 1 aromatic rings. The number of hydrogen-bond donors (Lipinski definition) is 2. The third kappa shape index (κ3) is 3.89. The fraction of sp³-hybridized carbons (Fsp3) is 0.600. The Morgan fingerprint density at radius 2 is 2.46 bits per heavy atom. The van der Waals surface area contributed by atoms with Crippen LogP contribution in [0.15, 0.2) is 17.5 Å². The van der Waals surface area contributed by atoms with Crippen LogP contribution in [-0.4, -0.2) is 24.3 Å². The molecule has 0 amide bonds. The van der Waals surface area contributed by atoms with E-state index in [0.29, 0.717) is 0 Å². The van der Waals surface area contributed by atoms with E-state index in [1.54, 1.807) is 11.3 Å². The van der Waals surface area contributed by atoms with E-state index in [0.717, 1.165) is 19.4 Å². The minimum atomic E-state index is 0.237. The van der Waals surface area contributed by atoms with Crippen molar-refractivity contribution in [1.82, 2.24) is 5.32 Å². The molecule has 1 heterocycles. The SMILES string of the molecule is CCC(CO)NCCc1cccs1. The lowest BCUT2D eigenvalue weighted by molar-refractivity contribution is 0.240. The first-order chi connectivity index (χ1) is 6.36. The predicted molar refractivity (Wildman–Crippen MR) is 57.2 cm³/mol. The van der Waals surface area contributed by atoms with Gasteiger partial charge in [-0.05, 0) is 24.3 Å². The van der Waals surface area contributed by atoms with E-state index in [1.807, 2.05) is 0 Å². The van der Waals surface area contributed by atoms with E-state index < -0.39 is 0 Å². The van der Waals surface area contributed by atoms with Crippen LogP contribution >= 0.6 is 11.3 Å². The summed E-state index contributed by atoms with van der Waals surface area (Å²) in [5.74, 6) is 0. The molecule has 2 N–H and O–H groups in total. The van der Waals surface area contributed by atoms with E-state index in [9.17, 15) is 0 Å². The summed E-state index contributed by atoms with van der Waals surface area (Å²) in [6.45, 7) is 3.28. The Bertz CT molecular complexity index is 207. The number of rotatable bonds is 6. The lowest BCUT2D eigenvalue weighted by atomic mass is 10.2. The summed E-state index contributed by atoms with van der Waals surface area (Å²) >= 11 is 1.79. The van der Waals surface area contributed by atoms with Gasteiger partial charge < -0.3 is 10.4 Å². The van der Waals surface area contributed by atoms with Gasteiger partial charge in [-0.15, -0.1) is 11.3 Å². The van der Waals surface area contributed by atoms with Gasteiger partial charge in [-0.25, -0.2) is 0 Å². The molecule has 1 aromatic heterocycles. The van der Waals surface area contributed by atoms with Gasteiger partial charge in [0.05, 0.1) is 6.61 Å². The Morgan fingerprint density at radius 3 is 3.00 bits per heavy atom. The maximum Gasteiger partial charge on any atom is 0.0584 e. The molecule has 1 unspecified atom stereocenters. The van der Waals surface area contributed by atoms with Crippen LogP contribution in [-0.2, 0) is 6.42 Å². The first kappa shape index (κ1) is 10.7. The topological polar surface area (TPSA) is 32.3 Å². The highest BCUT2D eigenvalue weighted by Gasteiger charge is 2.02. The van der Waals surface area contributed by atoms with Crippen LogP contribution in [0.1, 0.15) is 18.2 Å². The molecule has 3 heteroatoms. The second-order valence-corrected chi connectivity index (χ2v) is 4.10. The van der Waals surface area contributed by atoms with Crippen molar-refractivity contribution in [3.05, 3.63) is 22.4 Å². The zero-order valence-corrected chi connectivity index (χ0v) is 8.81. The Hall–Kier alpha value is -0.380. The molecule has 0 aliphatic carbocycles. The Morgan fingerprint density at radius 1 is 1.62 bits per heavy atom. The quantitative estimate of drug-likeness (QED) is 0.730. The molecule has 0 aliphatic heterocycles. The minimum Gasteiger partial charge on any atom is -0.395 e. The molecule has 0 saturated carbocycles. The molecule has 74 valence electrons. The van der Waals surface area contributed by atoms with Gasteiger partial charge in [0, 0.05) is 17.5 Å². The molecule has 0 fully saturated rings. The molecule has 0 radical (unpaired) electrons. The van der Waals surface area contributed by atoms with E-state index >= 15 is 0 Å². The van der Waals surface area contributed by atoms with Crippen LogP contribution in [0.4, 0.5) is 0 Å². The Balaban J connectivity index is 2.13. The van der Waals surface area contributed by atoms with E-state index in [1.165, 1.54) is 4.88 Å². The highest BCUT2D eigenvalue weighted by atomic mass is 32.1. The maximum atomic E-state index is 8.92. The molecule has 13 heavy (non-hydrogen) atoms. The molecule has 0 aliphatic rings. The van der Waals surface area contributed by atoms with Crippen molar-refractivity contribution in [2.24, 2.45) is 0 Å². The molecule has 0 aromatic carbocycles. The zero-order valence-electron chi connectivity index (χ0n) is 7.99. The smallest absolute Gasteiger partial charge is 0.0584 e. The Labute approximate surface area is 83.6 Å². The monoisotopic (exact) mass is 199 g/mol. The first-order valence-electron chi connectivity index (χ1n) is 4.73. The molecule has 1 atom stereocenters. The highest BCUT2D eigenvalue weighted by Crippen LogP contribution is 2.08. The number of aliphatic hydroxyl groups is 1. The van der Waals surface area contributed by atoms with Crippen molar-refractivity contribution in [3.63, 3.8) is 0 Å². The Kier molecular flexibility index (Phi) is 5.05. The summed E-state index contributed by atoms with van der Waals surface area (Å²) in [6.07, 6.45) is 2.05. The summed E-state index contributed by atoms with van der Waals surface area (Å²) in [5, 5.41) is 14.3. The summed E-state index contributed by atoms with van der Waals surface area (Å²) in [4.78, 5) is 1.40. The van der Waals surface area contributed by atoms with Crippen LogP contribution in [0, 0.1) is 0 Å². The number of aliphatic hydroxyl groups excluding tert-OH is 1. The van der Waals surface area contributed by atoms with E-state index in [-0.39, 0.29) is 12.6 Å². The van der Waals surface area contributed by atoms with Crippen molar-refractivity contribution in [1.29, 1.82) is 0 Å². The van der Waals surface area contributed by atoms with E-state index in [2.05, 4.69) is 29.8 Å². The highest BCUT2D eigenvalue weighted by molar-refractivity contribution is 7.09. The van der Waals surface area contributed by atoms with Crippen LogP contribution in [0.3, 0.4) is 0 Å². The second-order valence-electron chi connectivity index (χ2n) is 3.07. The lowest BCUT2D eigenvalue weighted by Gasteiger charge is -2.12. The van der Waals surface area contributed by atoms with Crippen molar-refractivity contribution in [3.8, 4) is 0 Å². The van der Waals surface area contributed by atoms with Gasteiger partial charge in [-0.2, -0.15) is 0 Å². The van der Waals surface area contributed by atoms with Gasteiger partial charge >= 0.3 is 0 Å². The molecule has 0 spiro atoms. The first-order valence-corrected chi connectivity index (χ1v) is 5.61. The van der Waals surface area contributed by atoms with Crippen LogP contribution in [0.5, 0.6) is 0 Å². The molecule has 0 saturated heterocycles. The van der Waals surface area contributed by atoms with Gasteiger partial charge in [-0.3, -0.25) is 0 Å². The number of hydrogen-bond acceptors (Lipinski definition) is 3. The van der Waals surface area contributed by atoms with Gasteiger partial charge in [0.15, 0.2) is 0 Å². The third-order valence-electron chi connectivity index (χ3n) is 2.10. The van der Waals surface area contributed by atoms with Crippen molar-refractivity contribution >= 4 is 11.3 Å². The van der Waals surface area contributed by atoms with Gasteiger partial charge in [0.25, 0.3) is 0 Å². The third-order valence-corrected chi connectivity index (χ3v) is 3.03. The summed E-state index contributed by atoms with van der Waals surface area (Å²) in [7, 11) is 0. The summed E-state index contributed by atoms with van der Waals surface area (Å²) in [6, 6.07) is 4.48. The molecule has 0 bridgehead atoms. The average Bonchev–Trinajstić information content (AvgIpc) is 2.65. The standard InChI is InChI=1S/C10H17NOS/c1-2-9(8-12)11-6-5-10-4-3-7-13-10/h3-4,7,9,11-12H,2,5-6,8H2,1H3. The largest absolute Gasteiger partial charge is 0.395 e. The fourth-order valence-electron chi connectivity index (χ4n) is 1.19. The molecular weight excluding hydrogens is 182 g/mol. The zero-order chi connectivity index (χ0) is 9.52. The van der Waals surface area contributed by atoms with Crippen molar-refractivity contribution < 1.29 is 5.11 Å². The van der Waals surface area contributed by atoms with Crippen molar-refractivity contribution in [2.45, 2.75) is 25.8 Å². The minimum absolute atomic E-state index is 0.237. The molecule has 2 nitrogen and oxygen atoms in total. The van der Waals surface area contributed by atoms with Crippen LogP contribution in [0.25, 0.3) is 0 Å². The van der Waals surface area contributed by atoms with Crippen LogP contribution in [0.2, 0.25) is 0 Å². The van der Waals surface area contributed by atoms with Gasteiger partial charge in [-0.1, -0.05) is 13.0 Å². The molecular formula is C10H17NOS. The van der Waals surface area contributed by atoms with Gasteiger partial charge in [0.1, 0.15) is 0 Å². The fourth-order valence-corrected chi connectivity index (χ4v) is 1.90. The van der Waals surface area contributed by atoms with E-state index in [4.69, 9.17) is 5.11 Å². The normalized spacial score (nSPS) is 13.1. The average molecular weight is 199 g/mol. The van der Waals surface area contributed by atoms with Crippen LogP contribution < -0.4 is 5.32 Å². The number of thiophene rings is 1. The van der Waals surface area contributed by atoms with Gasteiger partial charge in [0.2, 0.25) is 0 Å². The second kappa shape index (κ2) is 6.13. The van der Waals surface area contributed by atoms with Crippen molar-refractivity contribution in [2.75, 3.05) is 13.2 Å².